The summed E-state index contributed by atoms with van der Waals surface area (Å²) in [6, 6.07) is 6.96. The minimum Gasteiger partial charge on any atom is -0.399 e. The van der Waals surface area contributed by atoms with Crippen molar-refractivity contribution in [2.45, 2.75) is 26.2 Å². The fourth-order valence-electron chi connectivity index (χ4n) is 1.40. The van der Waals surface area contributed by atoms with Crippen molar-refractivity contribution in [3.05, 3.63) is 24.3 Å². The van der Waals surface area contributed by atoms with Crippen molar-refractivity contribution in [3.63, 3.8) is 0 Å². The Morgan fingerprint density at radius 1 is 1.28 bits per heavy atom. The molecule has 0 aliphatic carbocycles. The van der Waals surface area contributed by atoms with E-state index in [9.17, 15) is 9.00 Å². The van der Waals surface area contributed by atoms with E-state index in [1.807, 2.05) is 0 Å². The summed E-state index contributed by atoms with van der Waals surface area (Å²) < 4.78 is 11.5. The summed E-state index contributed by atoms with van der Waals surface area (Å²) in [6.07, 6.45) is 2.27. The van der Waals surface area contributed by atoms with Crippen LogP contribution >= 0.6 is 0 Å². The van der Waals surface area contributed by atoms with Crippen molar-refractivity contribution in [2.75, 3.05) is 22.6 Å². The van der Waals surface area contributed by atoms with Crippen LogP contribution in [0.3, 0.4) is 0 Å². The molecule has 5 heteroatoms. The zero-order valence-electron chi connectivity index (χ0n) is 10.6. The van der Waals surface area contributed by atoms with Crippen molar-refractivity contribution < 1.29 is 9.00 Å². The number of unbranched alkanes of at least 4 members (excludes halogenated alkanes) is 1. The molecule has 1 unspecified atom stereocenters. The van der Waals surface area contributed by atoms with Gasteiger partial charge in [-0.2, -0.15) is 0 Å². The lowest BCUT2D eigenvalue weighted by molar-refractivity contribution is -0.115. The predicted molar refractivity (Wildman–Crippen MR) is 76.9 cm³/mol. The molecule has 18 heavy (non-hydrogen) atoms. The third-order valence-corrected chi connectivity index (χ3v) is 3.88. The Bertz CT molecular complexity index is 404. The molecular formula is C13H20N2O2S. The van der Waals surface area contributed by atoms with Crippen LogP contribution in [0.25, 0.3) is 0 Å². The van der Waals surface area contributed by atoms with Crippen molar-refractivity contribution in [1.82, 2.24) is 0 Å². The number of hydrogen-bond acceptors (Lipinski definition) is 3. The summed E-state index contributed by atoms with van der Waals surface area (Å²) in [7, 11) is -0.883. The van der Waals surface area contributed by atoms with Crippen LogP contribution in [0.5, 0.6) is 0 Å². The number of nitrogens with two attached hydrogens (primary N) is 1. The van der Waals surface area contributed by atoms with Crippen molar-refractivity contribution in [3.8, 4) is 0 Å². The van der Waals surface area contributed by atoms with E-state index >= 15 is 0 Å². The Morgan fingerprint density at radius 3 is 2.56 bits per heavy atom. The molecule has 0 aliphatic rings. The molecule has 0 aliphatic heterocycles. The van der Waals surface area contributed by atoms with E-state index in [0.717, 1.165) is 12.8 Å². The molecule has 1 aromatic rings. The molecule has 1 atom stereocenters. The van der Waals surface area contributed by atoms with Crippen molar-refractivity contribution in [1.29, 1.82) is 0 Å². The van der Waals surface area contributed by atoms with Gasteiger partial charge in [0.05, 0.1) is 0 Å². The van der Waals surface area contributed by atoms with Gasteiger partial charge in [-0.25, -0.2) is 0 Å². The highest BCUT2D eigenvalue weighted by molar-refractivity contribution is 7.84. The SMILES string of the molecule is CCCCS(=O)CCC(=O)Nc1ccc(N)cc1. The summed E-state index contributed by atoms with van der Waals surface area (Å²) in [5.41, 5.74) is 6.93. The fraction of sp³-hybridized carbons (Fsp3) is 0.462. The van der Waals surface area contributed by atoms with E-state index in [1.165, 1.54) is 0 Å². The second kappa shape index (κ2) is 7.87. The molecule has 100 valence electrons. The Kier molecular flexibility index (Phi) is 6.43. The number of hydrogen-bond donors (Lipinski definition) is 2. The third kappa shape index (κ3) is 5.82. The monoisotopic (exact) mass is 268 g/mol. The molecule has 0 saturated carbocycles. The highest BCUT2D eigenvalue weighted by Crippen LogP contribution is 2.10. The molecule has 0 fully saturated rings. The Hall–Kier alpha value is -1.36. The van der Waals surface area contributed by atoms with Gasteiger partial charge in [0.2, 0.25) is 5.91 Å². The molecule has 1 rings (SSSR count). The number of anilines is 2. The predicted octanol–water partition coefficient (Wildman–Crippen LogP) is 2.15. The first-order valence-corrected chi connectivity index (χ1v) is 7.61. The first-order chi connectivity index (χ1) is 8.61. The van der Waals surface area contributed by atoms with Gasteiger partial charge in [0.15, 0.2) is 0 Å². The van der Waals surface area contributed by atoms with Crippen LogP contribution in [-0.4, -0.2) is 21.6 Å². The molecule has 0 bridgehead atoms. The van der Waals surface area contributed by atoms with Crippen molar-refractivity contribution in [2.24, 2.45) is 0 Å². The maximum absolute atomic E-state index is 11.6. The topological polar surface area (TPSA) is 72.2 Å². The molecule has 0 spiro atoms. The fourth-order valence-corrected chi connectivity index (χ4v) is 2.63. The van der Waals surface area contributed by atoms with Crippen molar-refractivity contribution >= 4 is 28.1 Å². The quantitative estimate of drug-likeness (QED) is 0.744. The van der Waals surface area contributed by atoms with Gasteiger partial charge in [0.1, 0.15) is 0 Å². The molecule has 0 radical (unpaired) electrons. The summed E-state index contributed by atoms with van der Waals surface area (Å²) in [5, 5.41) is 2.75. The Morgan fingerprint density at radius 2 is 1.94 bits per heavy atom. The van der Waals surface area contributed by atoms with E-state index in [2.05, 4.69) is 12.2 Å². The maximum atomic E-state index is 11.6. The molecular weight excluding hydrogens is 248 g/mol. The van der Waals surface area contributed by atoms with Gasteiger partial charge < -0.3 is 11.1 Å². The number of amides is 1. The summed E-state index contributed by atoms with van der Waals surface area (Å²) >= 11 is 0. The Labute approximate surface area is 110 Å². The van der Waals surface area contributed by atoms with E-state index in [4.69, 9.17) is 5.73 Å². The van der Waals surface area contributed by atoms with Gasteiger partial charge in [-0.3, -0.25) is 9.00 Å². The van der Waals surface area contributed by atoms with Gasteiger partial charge in [0, 0.05) is 40.1 Å². The van der Waals surface area contributed by atoms with Crippen LogP contribution in [0.2, 0.25) is 0 Å². The van der Waals surface area contributed by atoms with Crippen LogP contribution in [0.15, 0.2) is 24.3 Å². The average Bonchev–Trinajstić information content (AvgIpc) is 2.36. The lowest BCUT2D eigenvalue weighted by atomic mass is 10.3. The van der Waals surface area contributed by atoms with Crippen LogP contribution in [0.1, 0.15) is 26.2 Å². The van der Waals surface area contributed by atoms with E-state index < -0.39 is 10.8 Å². The first kappa shape index (κ1) is 14.7. The Balaban J connectivity index is 2.29. The molecule has 0 heterocycles. The largest absolute Gasteiger partial charge is 0.399 e. The summed E-state index contributed by atoms with van der Waals surface area (Å²) in [4.78, 5) is 11.6. The number of rotatable bonds is 7. The van der Waals surface area contributed by atoms with Crippen LogP contribution < -0.4 is 11.1 Å². The van der Waals surface area contributed by atoms with E-state index in [0.29, 0.717) is 29.3 Å². The normalized spacial score (nSPS) is 12.1. The smallest absolute Gasteiger partial charge is 0.225 e. The van der Waals surface area contributed by atoms with Crippen LogP contribution in [-0.2, 0) is 15.6 Å². The van der Waals surface area contributed by atoms with Gasteiger partial charge in [0.25, 0.3) is 0 Å². The molecule has 1 aromatic carbocycles. The highest BCUT2D eigenvalue weighted by atomic mass is 32.2. The first-order valence-electron chi connectivity index (χ1n) is 6.12. The second-order valence-corrected chi connectivity index (χ2v) is 5.82. The van der Waals surface area contributed by atoms with Gasteiger partial charge in [-0.15, -0.1) is 0 Å². The molecule has 1 amide bonds. The van der Waals surface area contributed by atoms with Crippen LogP contribution in [0, 0.1) is 0 Å². The molecule has 4 nitrogen and oxygen atoms in total. The highest BCUT2D eigenvalue weighted by Gasteiger charge is 2.05. The van der Waals surface area contributed by atoms with Crippen LogP contribution in [0.4, 0.5) is 11.4 Å². The number of carbonyl (C=O) groups is 1. The second-order valence-electron chi connectivity index (χ2n) is 4.12. The van der Waals surface area contributed by atoms with Gasteiger partial charge in [-0.05, 0) is 30.7 Å². The number of carbonyl (C=O) groups excluding carboxylic acids is 1. The molecule has 0 saturated heterocycles. The minimum atomic E-state index is -0.883. The lowest BCUT2D eigenvalue weighted by Crippen LogP contribution is -2.15. The lowest BCUT2D eigenvalue weighted by Gasteiger charge is -2.05. The zero-order valence-corrected chi connectivity index (χ0v) is 11.5. The van der Waals surface area contributed by atoms with E-state index in [1.54, 1.807) is 24.3 Å². The summed E-state index contributed by atoms with van der Waals surface area (Å²) in [6.45, 7) is 2.06. The number of nitrogens with one attached hydrogen (secondary N) is 1. The minimum absolute atomic E-state index is 0.107. The van der Waals surface area contributed by atoms with Gasteiger partial charge >= 0.3 is 0 Å². The maximum Gasteiger partial charge on any atom is 0.225 e. The number of benzene rings is 1. The number of nitrogen functional groups attached to an aromatic ring is 1. The standard InChI is InChI=1S/C13H20N2O2S/c1-2-3-9-18(17)10-8-13(16)15-12-6-4-11(14)5-7-12/h4-7H,2-3,8-10,14H2,1H3,(H,15,16). The molecule has 3 N–H and O–H groups in total. The zero-order chi connectivity index (χ0) is 13.4. The molecule has 0 aromatic heterocycles. The van der Waals surface area contributed by atoms with Gasteiger partial charge in [-0.1, -0.05) is 13.3 Å². The summed E-state index contributed by atoms with van der Waals surface area (Å²) in [5.74, 6) is 1.01. The third-order valence-electron chi connectivity index (χ3n) is 2.48. The van der Waals surface area contributed by atoms with E-state index in [-0.39, 0.29) is 5.91 Å². The average molecular weight is 268 g/mol.